The van der Waals surface area contributed by atoms with E-state index in [2.05, 4.69) is 32.3 Å². The van der Waals surface area contributed by atoms with Crippen molar-refractivity contribution >= 4 is 28.5 Å². The van der Waals surface area contributed by atoms with Crippen molar-refractivity contribution in [2.75, 3.05) is 43.3 Å². The van der Waals surface area contributed by atoms with Crippen LogP contribution in [0.1, 0.15) is 61.3 Å². The van der Waals surface area contributed by atoms with Gasteiger partial charge in [-0.25, -0.2) is 9.37 Å². The summed E-state index contributed by atoms with van der Waals surface area (Å²) in [5, 5.41) is 20.4. The number of hydrogen-bond acceptors (Lipinski definition) is 10. The van der Waals surface area contributed by atoms with Gasteiger partial charge in [-0.05, 0) is 74.4 Å². The zero-order valence-electron chi connectivity index (χ0n) is 25.4. The van der Waals surface area contributed by atoms with E-state index in [4.69, 9.17) is 29.9 Å². The molecule has 1 aliphatic carbocycles. The van der Waals surface area contributed by atoms with E-state index in [0.29, 0.717) is 55.5 Å². The van der Waals surface area contributed by atoms with Crippen LogP contribution < -0.4 is 25.4 Å². The predicted octanol–water partition coefficient (Wildman–Crippen LogP) is 4.44. The van der Waals surface area contributed by atoms with Crippen LogP contribution in [0.3, 0.4) is 0 Å². The van der Waals surface area contributed by atoms with Crippen LogP contribution in [-0.2, 0) is 10.3 Å². The third-order valence-electron chi connectivity index (χ3n) is 9.52. The molecule has 46 heavy (non-hydrogen) atoms. The summed E-state index contributed by atoms with van der Waals surface area (Å²) < 4.78 is 32.1. The van der Waals surface area contributed by atoms with Gasteiger partial charge in [0.1, 0.15) is 5.82 Å². The number of aromatic nitrogens is 4. The van der Waals surface area contributed by atoms with Crippen molar-refractivity contribution in [3.05, 3.63) is 59.0 Å². The number of nitrogens with one attached hydrogen (secondary N) is 2. The molecule has 2 atom stereocenters. The van der Waals surface area contributed by atoms with Gasteiger partial charge in [-0.15, -0.1) is 0 Å². The Labute approximate surface area is 265 Å². The molecule has 0 radical (unpaired) electrons. The molecule has 2 aromatic heterocycles. The van der Waals surface area contributed by atoms with Gasteiger partial charge in [0.2, 0.25) is 12.7 Å². The fourth-order valence-electron chi connectivity index (χ4n) is 6.46. The summed E-state index contributed by atoms with van der Waals surface area (Å²) in [6.07, 6.45) is 4.85. The maximum absolute atomic E-state index is 15.4. The number of hydrogen-bond donors (Lipinski definition) is 4. The monoisotopic (exact) mass is 625 g/mol. The molecule has 8 rings (SSSR count). The minimum atomic E-state index is -0.525. The zero-order chi connectivity index (χ0) is 31.3. The molecule has 4 aliphatic rings. The standard InChI is InChI=1S/C34H36FN7O4/c35-29-30(22-5-6-22)40-41-32(29)38-31-25-15-20(1-2-21-3-8-24(17-43)44-18-21)4-9-26(25)37-33(39-31)42-13-11-34(36,12-14-42)23-7-10-27-28(16-23)46-19-45-27/h4,7,9-10,15-16,21-22,24,43H,3,5-6,8,11-14,17-19,36H2,(H2,37,38,39,40,41). The number of nitrogens with two attached hydrogens (primary N) is 1. The van der Waals surface area contributed by atoms with E-state index >= 15 is 4.39 Å². The zero-order valence-corrected chi connectivity index (χ0v) is 25.4. The molecule has 2 unspecified atom stereocenters. The van der Waals surface area contributed by atoms with Crippen LogP contribution in [0.15, 0.2) is 36.4 Å². The molecule has 11 nitrogen and oxygen atoms in total. The summed E-state index contributed by atoms with van der Waals surface area (Å²) in [6.45, 7) is 2.04. The molecule has 0 bridgehead atoms. The van der Waals surface area contributed by atoms with Crippen LogP contribution >= 0.6 is 0 Å². The predicted molar refractivity (Wildman–Crippen MR) is 170 cm³/mol. The Balaban J connectivity index is 1.08. The van der Waals surface area contributed by atoms with Gasteiger partial charge in [0.25, 0.3) is 0 Å². The van der Waals surface area contributed by atoms with Gasteiger partial charge < -0.3 is 35.3 Å². The molecule has 3 aliphatic heterocycles. The maximum atomic E-state index is 15.4. The number of anilines is 3. The van der Waals surface area contributed by atoms with Crippen molar-refractivity contribution in [3.63, 3.8) is 0 Å². The highest BCUT2D eigenvalue weighted by molar-refractivity contribution is 5.92. The molecule has 5 N–H and O–H groups in total. The Morgan fingerprint density at radius 2 is 1.89 bits per heavy atom. The molecular formula is C34H36FN7O4. The topological polar surface area (TPSA) is 144 Å². The smallest absolute Gasteiger partial charge is 0.231 e. The first-order valence-corrected chi connectivity index (χ1v) is 16.0. The summed E-state index contributed by atoms with van der Waals surface area (Å²) in [4.78, 5) is 12.0. The van der Waals surface area contributed by atoms with Crippen molar-refractivity contribution in [2.45, 2.75) is 56.1 Å². The lowest BCUT2D eigenvalue weighted by Gasteiger charge is -2.39. The Kier molecular flexibility index (Phi) is 7.39. The Morgan fingerprint density at radius 1 is 1.04 bits per heavy atom. The minimum absolute atomic E-state index is 0.0335. The lowest BCUT2D eigenvalue weighted by molar-refractivity contribution is -0.0313. The number of nitrogens with zero attached hydrogens (tertiary/aromatic N) is 4. The maximum Gasteiger partial charge on any atom is 0.231 e. The number of halogens is 1. The summed E-state index contributed by atoms with van der Waals surface area (Å²) in [6, 6.07) is 11.7. The lowest BCUT2D eigenvalue weighted by atomic mass is 9.82. The fraction of sp³-hybridized carbons (Fsp3) is 0.441. The van der Waals surface area contributed by atoms with Gasteiger partial charge in [-0.3, -0.25) is 5.10 Å². The van der Waals surface area contributed by atoms with Crippen LogP contribution in [0.25, 0.3) is 10.9 Å². The van der Waals surface area contributed by atoms with E-state index in [0.717, 1.165) is 53.7 Å². The van der Waals surface area contributed by atoms with E-state index in [-0.39, 0.29) is 43.0 Å². The van der Waals surface area contributed by atoms with Crippen molar-refractivity contribution in [3.8, 4) is 23.3 Å². The number of fused-ring (bicyclic) bond motifs is 2. The number of piperidine rings is 1. The highest BCUT2D eigenvalue weighted by atomic mass is 19.1. The molecular weight excluding hydrogens is 589 g/mol. The number of rotatable bonds is 6. The number of aliphatic hydroxyl groups excluding tert-OH is 1. The number of aliphatic hydroxyl groups is 1. The molecule has 4 aromatic rings. The van der Waals surface area contributed by atoms with Gasteiger partial charge in [0, 0.05) is 41.4 Å². The van der Waals surface area contributed by atoms with Crippen molar-refractivity contribution in [2.24, 2.45) is 11.7 Å². The molecule has 3 fully saturated rings. The highest BCUT2D eigenvalue weighted by Gasteiger charge is 2.35. The average molecular weight is 626 g/mol. The van der Waals surface area contributed by atoms with Crippen LogP contribution in [0, 0.1) is 23.6 Å². The van der Waals surface area contributed by atoms with Gasteiger partial charge in [-0.1, -0.05) is 17.9 Å². The summed E-state index contributed by atoms with van der Waals surface area (Å²) in [7, 11) is 0. The third-order valence-corrected chi connectivity index (χ3v) is 9.52. The third kappa shape index (κ3) is 5.59. The summed E-state index contributed by atoms with van der Waals surface area (Å²) in [5.41, 5.74) is 9.47. The first kappa shape index (κ1) is 29.0. The summed E-state index contributed by atoms with van der Waals surface area (Å²) >= 11 is 0. The molecule has 5 heterocycles. The van der Waals surface area contributed by atoms with E-state index in [9.17, 15) is 5.11 Å². The second kappa shape index (κ2) is 11.7. The Hall–Kier alpha value is -4.44. The summed E-state index contributed by atoms with van der Waals surface area (Å²) in [5.74, 6) is 9.08. The Morgan fingerprint density at radius 3 is 2.67 bits per heavy atom. The number of aromatic amines is 1. The average Bonchev–Trinajstić information content (AvgIpc) is 3.71. The molecule has 0 amide bonds. The largest absolute Gasteiger partial charge is 0.454 e. The number of ether oxygens (including phenoxy) is 3. The lowest BCUT2D eigenvalue weighted by Crippen LogP contribution is -2.48. The first-order chi connectivity index (χ1) is 22.5. The van der Waals surface area contributed by atoms with Crippen molar-refractivity contribution in [1.29, 1.82) is 0 Å². The SMILES string of the molecule is NC1(c2ccc3c(c2)OCO3)CCN(c2nc(Nc3n[nH]c(C4CC4)c3F)c3cc(C#CC4CCC(CO)OC4)ccc3n2)CC1. The van der Waals surface area contributed by atoms with E-state index < -0.39 is 5.54 Å². The molecule has 12 heteroatoms. The van der Waals surface area contributed by atoms with Gasteiger partial charge in [0.05, 0.1) is 30.5 Å². The normalized spacial score (nSPS) is 22.0. The van der Waals surface area contributed by atoms with E-state index in [1.807, 2.05) is 36.4 Å². The van der Waals surface area contributed by atoms with Gasteiger partial charge in [0.15, 0.2) is 23.1 Å². The number of benzene rings is 2. The van der Waals surface area contributed by atoms with Crippen LogP contribution in [0.2, 0.25) is 0 Å². The molecule has 0 spiro atoms. The van der Waals surface area contributed by atoms with Crippen LogP contribution in [0.5, 0.6) is 11.5 Å². The second-order valence-corrected chi connectivity index (χ2v) is 12.7. The molecule has 2 aromatic carbocycles. The molecule has 238 valence electrons. The quantitative estimate of drug-likeness (QED) is 0.227. The number of H-pyrrole nitrogens is 1. The minimum Gasteiger partial charge on any atom is -0.454 e. The van der Waals surface area contributed by atoms with Gasteiger partial charge >= 0.3 is 0 Å². The van der Waals surface area contributed by atoms with E-state index in [1.54, 1.807) is 0 Å². The van der Waals surface area contributed by atoms with Crippen molar-refractivity contribution in [1.82, 2.24) is 20.2 Å². The van der Waals surface area contributed by atoms with Crippen LogP contribution in [0.4, 0.5) is 22.0 Å². The van der Waals surface area contributed by atoms with Gasteiger partial charge in [-0.2, -0.15) is 10.1 Å². The molecule has 1 saturated carbocycles. The second-order valence-electron chi connectivity index (χ2n) is 12.7. The van der Waals surface area contributed by atoms with Crippen molar-refractivity contribution < 1.29 is 23.7 Å². The van der Waals surface area contributed by atoms with Crippen LogP contribution in [-0.4, -0.2) is 64.5 Å². The Bertz CT molecular complexity index is 1830. The fourth-order valence-corrected chi connectivity index (χ4v) is 6.46. The first-order valence-electron chi connectivity index (χ1n) is 16.0. The van der Waals surface area contributed by atoms with E-state index in [1.165, 1.54) is 0 Å². The highest BCUT2D eigenvalue weighted by Crippen LogP contribution is 2.42. The molecule has 2 saturated heterocycles.